The predicted molar refractivity (Wildman–Crippen MR) is 115 cm³/mol. The molecule has 1 aliphatic rings. The van der Waals surface area contributed by atoms with Crippen LogP contribution in [0.15, 0.2) is 47.6 Å². The van der Waals surface area contributed by atoms with E-state index >= 15 is 0 Å². The summed E-state index contributed by atoms with van der Waals surface area (Å²) >= 11 is 5.87. The maximum Gasteiger partial charge on any atom is 0.277 e. The summed E-state index contributed by atoms with van der Waals surface area (Å²) in [5.41, 5.74) is 5.26. The zero-order valence-electron chi connectivity index (χ0n) is 16.8. The fourth-order valence-electron chi connectivity index (χ4n) is 3.20. The van der Waals surface area contributed by atoms with E-state index in [1.807, 2.05) is 18.9 Å². The molecule has 0 spiro atoms. The van der Waals surface area contributed by atoms with Gasteiger partial charge in [0.05, 0.1) is 11.8 Å². The first-order valence-electron chi connectivity index (χ1n) is 9.15. The summed E-state index contributed by atoms with van der Waals surface area (Å²) in [6.07, 6.45) is 3.43. The van der Waals surface area contributed by atoms with Crippen molar-refractivity contribution in [2.75, 3.05) is 18.6 Å². The van der Waals surface area contributed by atoms with Crippen LogP contribution in [0.1, 0.15) is 31.9 Å². The number of allylic oxidation sites excluding steroid dienone is 1. The van der Waals surface area contributed by atoms with Gasteiger partial charge in [0.2, 0.25) is 0 Å². The van der Waals surface area contributed by atoms with Crippen LogP contribution in [-0.4, -0.2) is 31.3 Å². The Morgan fingerprint density at radius 2 is 2.10 bits per heavy atom. The molecule has 0 aromatic heterocycles. The normalized spacial score (nSPS) is 15.1. The average molecular weight is 416 g/mol. The number of amides is 1. The minimum Gasteiger partial charge on any atom is -0.484 e. The molecule has 0 atom stereocenters. The number of ether oxygens (including phenoxy) is 1. The number of benzene rings is 2. The number of carbonyl (C=O) groups is 1. The van der Waals surface area contributed by atoms with E-state index in [4.69, 9.17) is 16.3 Å². The highest BCUT2D eigenvalue weighted by atomic mass is 35.5. The quantitative estimate of drug-likeness (QED) is 0.571. The maximum atomic E-state index is 14.6. The lowest BCUT2D eigenvalue weighted by molar-refractivity contribution is -0.123. The Morgan fingerprint density at radius 3 is 2.83 bits per heavy atom. The molecule has 2 aromatic rings. The Balaban J connectivity index is 1.67. The summed E-state index contributed by atoms with van der Waals surface area (Å²) in [7, 11) is 1.94. The van der Waals surface area contributed by atoms with Gasteiger partial charge in [0.15, 0.2) is 6.61 Å². The molecule has 0 saturated heterocycles. The fraction of sp³-hybridized carbons (Fsp3) is 0.273. The van der Waals surface area contributed by atoms with Gasteiger partial charge in [0.1, 0.15) is 11.6 Å². The van der Waals surface area contributed by atoms with Crippen LogP contribution in [0, 0.1) is 5.82 Å². The first-order chi connectivity index (χ1) is 13.7. The molecule has 1 heterocycles. The van der Waals surface area contributed by atoms with Crippen molar-refractivity contribution in [3.63, 3.8) is 0 Å². The second-order valence-corrected chi connectivity index (χ2v) is 7.91. The van der Waals surface area contributed by atoms with Crippen molar-refractivity contribution in [1.29, 1.82) is 0 Å². The lowest BCUT2D eigenvalue weighted by Crippen LogP contribution is -2.42. The van der Waals surface area contributed by atoms with E-state index in [0.29, 0.717) is 16.3 Å². The molecule has 7 heteroatoms. The number of carbonyl (C=O) groups excluding carboxylic acids is 1. The SMILES string of the molecule is CC1=CC(C)(C)N(C)c2cc(F)c(/C=N/NC(=O)COc3cccc(Cl)c3)cc21. The van der Waals surface area contributed by atoms with E-state index < -0.39 is 11.7 Å². The van der Waals surface area contributed by atoms with E-state index in [1.165, 1.54) is 12.3 Å². The van der Waals surface area contributed by atoms with Gasteiger partial charge in [0, 0.05) is 28.9 Å². The Morgan fingerprint density at radius 1 is 1.34 bits per heavy atom. The number of nitrogens with one attached hydrogen (secondary N) is 1. The highest BCUT2D eigenvalue weighted by molar-refractivity contribution is 6.30. The van der Waals surface area contributed by atoms with E-state index in [1.54, 1.807) is 30.3 Å². The van der Waals surface area contributed by atoms with Gasteiger partial charge in [-0.15, -0.1) is 0 Å². The molecule has 0 saturated carbocycles. The minimum atomic E-state index is -0.461. The number of fused-ring (bicyclic) bond motifs is 1. The molecular weight excluding hydrogens is 393 g/mol. The standard InChI is InChI=1S/C22H23ClFN3O2/c1-14-11-22(2,3)27(4)20-10-19(24)15(8-18(14)20)12-25-26-21(28)13-29-17-7-5-6-16(23)9-17/h5-12H,13H2,1-4H3,(H,26,28)/b25-12+. The average Bonchev–Trinajstić information content (AvgIpc) is 2.65. The van der Waals surface area contributed by atoms with Gasteiger partial charge >= 0.3 is 0 Å². The van der Waals surface area contributed by atoms with Gasteiger partial charge in [-0.1, -0.05) is 23.7 Å². The van der Waals surface area contributed by atoms with Crippen LogP contribution in [0.2, 0.25) is 5.02 Å². The lowest BCUT2D eigenvalue weighted by atomic mass is 9.88. The summed E-state index contributed by atoms with van der Waals surface area (Å²) in [6, 6.07) is 9.97. The third kappa shape index (κ3) is 4.77. The molecule has 1 aliphatic heterocycles. The van der Waals surface area contributed by atoms with Gasteiger partial charge in [0.25, 0.3) is 5.91 Å². The zero-order chi connectivity index (χ0) is 21.2. The molecule has 1 N–H and O–H groups in total. The molecule has 0 unspecified atom stereocenters. The molecular formula is C22H23ClFN3O2. The zero-order valence-corrected chi connectivity index (χ0v) is 17.5. The number of hydrazone groups is 1. The number of hydrogen-bond donors (Lipinski definition) is 1. The number of likely N-dealkylation sites (N-methyl/N-ethyl adjacent to an activating group) is 1. The summed E-state index contributed by atoms with van der Waals surface area (Å²) < 4.78 is 19.9. The van der Waals surface area contributed by atoms with E-state index in [-0.39, 0.29) is 12.1 Å². The van der Waals surface area contributed by atoms with E-state index in [0.717, 1.165) is 16.8 Å². The summed E-state index contributed by atoms with van der Waals surface area (Å²) in [5.74, 6) is -0.391. The largest absolute Gasteiger partial charge is 0.484 e. The smallest absolute Gasteiger partial charge is 0.277 e. The predicted octanol–water partition coefficient (Wildman–Crippen LogP) is 4.64. The Bertz CT molecular complexity index is 1000. The highest BCUT2D eigenvalue weighted by Gasteiger charge is 2.29. The summed E-state index contributed by atoms with van der Waals surface area (Å²) in [5, 5.41) is 4.37. The van der Waals surface area contributed by atoms with Crippen LogP contribution in [0.3, 0.4) is 0 Å². The molecule has 0 bridgehead atoms. The molecule has 0 aliphatic carbocycles. The second-order valence-electron chi connectivity index (χ2n) is 7.47. The van der Waals surface area contributed by atoms with Crippen molar-refractivity contribution in [3.8, 4) is 5.75 Å². The Hall–Kier alpha value is -2.86. The number of hydrogen-bond acceptors (Lipinski definition) is 4. The van der Waals surface area contributed by atoms with Gasteiger partial charge in [-0.05, 0) is 56.7 Å². The summed E-state index contributed by atoms with van der Waals surface area (Å²) in [4.78, 5) is 13.9. The molecule has 3 rings (SSSR count). The number of rotatable bonds is 5. The first-order valence-corrected chi connectivity index (χ1v) is 9.52. The number of anilines is 1. The minimum absolute atomic E-state index is 0.198. The van der Waals surface area contributed by atoms with Crippen molar-refractivity contribution in [2.24, 2.45) is 5.10 Å². The Labute approximate surface area is 174 Å². The van der Waals surface area contributed by atoms with Crippen LogP contribution in [-0.2, 0) is 4.79 Å². The monoisotopic (exact) mass is 415 g/mol. The first kappa shape index (κ1) is 20.9. The van der Waals surface area contributed by atoms with Gasteiger partial charge in [-0.25, -0.2) is 9.82 Å². The topological polar surface area (TPSA) is 53.9 Å². The molecule has 152 valence electrons. The van der Waals surface area contributed by atoms with Gasteiger partial charge in [-0.2, -0.15) is 5.10 Å². The van der Waals surface area contributed by atoms with E-state index in [9.17, 15) is 9.18 Å². The second kappa shape index (κ2) is 8.25. The molecule has 5 nitrogen and oxygen atoms in total. The van der Waals surface area contributed by atoms with Crippen LogP contribution in [0.5, 0.6) is 5.75 Å². The molecule has 1 amide bonds. The number of halogens is 2. The lowest BCUT2D eigenvalue weighted by Gasteiger charge is -2.40. The summed E-state index contributed by atoms with van der Waals surface area (Å²) in [6.45, 7) is 5.93. The maximum absolute atomic E-state index is 14.6. The highest BCUT2D eigenvalue weighted by Crippen LogP contribution is 2.38. The third-order valence-electron chi connectivity index (χ3n) is 4.89. The fourth-order valence-corrected chi connectivity index (χ4v) is 3.38. The molecule has 0 fully saturated rings. The third-order valence-corrected chi connectivity index (χ3v) is 5.13. The van der Waals surface area contributed by atoms with Crippen LogP contribution in [0.25, 0.3) is 5.57 Å². The van der Waals surface area contributed by atoms with Crippen molar-refractivity contribution >= 4 is 35.0 Å². The van der Waals surface area contributed by atoms with Crippen molar-refractivity contribution in [1.82, 2.24) is 5.43 Å². The van der Waals surface area contributed by atoms with Crippen LogP contribution >= 0.6 is 11.6 Å². The number of nitrogens with zero attached hydrogens (tertiary/aromatic N) is 2. The van der Waals surface area contributed by atoms with Gasteiger partial charge in [-0.3, -0.25) is 4.79 Å². The van der Waals surface area contributed by atoms with Crippen molar-refractivity contribution in [3.05, 3.63) is 64.4 Å². The van der Waals surface area contributed by atoms with Crippen LogP contribution in [0.4, 0.5) is 10.1 Å². The van der Waals surface area contributed by atoms with Crippen molar-refractivity contribution < 1.29 is 13.9 Å². The van der Waals surface area contributed by atoms with Crippen molar-refractivity contribution in [2.45, 2.75) is 26.3 Å². The molecule has 2 aromatic carbocycles. The van der Waals surface area contributed by atoms with Gasteiger partial charge < -0.3 is 9.64 Å². The van der Waals surface area contributed by atoms with E-state index in [2.05, 4.69) is 30.5 Å². The van der Waals surface area contributed by atoms with Crippen LogP contribution < -0.4 is 15.1 Å². The molecule has 0 radical (unpaired) electrons. The molecule has 29 heavy (non-hydrogen) atoms. The Kier molecular flexibility index (Phi) is 5.94.